The third kappa shape index (κ3) is 4.13. The van der Waals surface area contributed by atoms with Crippen LogP contribution in [0, 0.1) is 6.92 Å². The maximum absolute atomic E-state index is 12.2. The van der Waals surface area contributed by atoms with Crippen LogP contribution in [0.15, 0.2) is 61.2 Å². The van der Waals surface area contributed by atoms with E-state index in [1.807, 2.05) is 19.1 Å². The lowest BCUT2D eigenvalue weighted by Gasteiger charge is -2.14. The molecule has 1 aromatic heterocycles. The van der Waals surface area contributed by atoms with Gasteiger partial charge < -0.3 is 10.1 Å². The molecule has 3 aromatic rings. The summed E-state index contributed by atoms with van der Waals surface area (Å²) in [6.45, 7) is 3.50. The van der Waals surface area contributed by atoms with Crippen LogP contribution in [0.2, 0.25) is 0 Å². The van der Waals surface area contributed by atoms with Gasteiger partial charge in [0.25, 0.3) is 5.91 Å². The molecule has 0 saturated carbocycles. The number of nitrogens with zero attached hydrogens (tertiary/aromatic N) is 3. The molecule has 0 aliphatic heterocycles. The molecule has 1 atom stereocenters. The smallest absolute Gasteiger partial charge is 0.338 e. The van der Waals surface area contributed by atoms with Crippen molar-refractivity contribution < 1.29 is 14.3 Å². The number of ether oxygens (including phenoxy) is 1. The Hall–Kier alpha value is -3.48. The minimum absolute atomic E-state index is 0.351. The van der Waals surface area contributed by atoms with Gasteiger partial charge in [-0.2, -0.15) is 5.10 Å². The molecule has 3 rings (SSSR count). The van der Waals surface area contributed by atoms with Crippen LogP contribution >= 0.6 is 0 Å². The average molecular weight is 350 g/mol. The predicted octanol–water partition coefficient (Wildman–Crippen LogP) is 2.76. The zero-order valence-corrected chi connectivity index (χ0v) is 14.4. The Kier molecular flexibility index (Phi) is 5.07. The lowest BCUT2D eigenvalue weighted by Crippen LogP contribution is -2.30. The maximum atomic E-state index is 12.2. The zero-order chi connectivity index (χ0) is 18.5. The Labute approximate surface area is 150 Å². The van der Waals surface area contributed by atoms with E-state index in [1.54, 1.807) is 47.4 Å². The van der Waals surface area contributed by atoms with Gasteiger partial charge in [0.1, 0.15) is 12.7 Å². The first kappa shape index (κ1) is 17.3. The number of aromatic nitrogens is 3. The Balaban J connectivity index is 1.59. The van der Waals surface area contributed by atoms with Crippen molar-refractivity contribution in [3.8, 4) is 5.69 Å². The molecule has 1 amide bonds. The standard InChI is InChI=1S/C19H18N4O3/c1-13-3-7-16(8-4-13)22-18(24)14(2)26-19(25)15-5-9-17(10-6-15)23-12-20-11-21-23/h3-12,14H,1-2H3,(H,22,24)/t14-/m1/s1. The molecule has 26 heavy (non-hydrogen) atoms. The molecule has 0 saturated heterocycles. The summed E-state index contributed by atoms with van der Waals surface area (Å²) in [7, 11) is 0. The van der Waals surface area contributed by atoms with Crippen LogP contribution in [0.1, 0.15) is 22.8 Å². The topological polar surface area (TPSA) is 86.1 Å². The van der Waals surface area contributed by atoms with E-state index >= 15 is 0 Å². The summed E-state index contributed by atoms with van der Waals surface area (Å²) in [5.74, 6) is -0.955. The second-order valence-electron chi connectivity index (χ2n) is 5.79. The molecule has 0 aliphatic rings. The molecule has 1 heterocycles. The highest BCUT2D eigenvalue weighted by Gasteiger charge is 2.19. The van der Waals surface area contributed by atoms with Gasteiger partial charge in [0.2, 0.25) is 0 Å². The fourth-order valence-electron chi connectivity index (χ4n) is 2.25. The molecule has 1 N–H and O–H groups in total. The lowest BCUT2D eigenvalue weighted by atomic mass is 10.2. The van der Waals surface area contributed by atoms with Crippen LogP contribution in [0.5, 0.6) is 0 Å². The van der Waals surface area contributed by atoms with Gasteiger partial charge in [-0.15, -0.1) is 0 Å². The van der Waals surface area contributed by atoms with Crippen molar-refractivity contribution in [1.29, 1.82) is 0 Å². The van der Waals surface area contributed by atoms with E-state index in [0.29, 0.717) is 11.3 Å². The van der Waals surface area contributed by atoms with Crippen molar-refractivity contribution >= 4 is 17.6 Å². The summed E-state index contributed by atoms with van der Waals surface area (Å²) >= 11 is 0. The number of carbonyl (C=O) groups is 2. The van der Waals surface area contributed by atoms with E-state index in [1.165, 1.54) is 13.3 Å². The van der Waals surface area contributed by atoms with Crippen molar-refractivity contribution in [2.45, 2.75) is 20.0 Å². The van der Waals surface area contributed by atoms with Crippen LogP contribution in [0.3, 0.4) is 0 Å². The highest BCUT2D eigenvalue weighted by Crippen LogP contribution is 2.12. The zero-order valence-electron chi connectivity index (χ0n) is 14.4. The quantitative estimate of drug-likeness (QED) is 0.715. The normalized spacial score (nSPS) is 11.6. The number of rotatable bonds is 5. The van der Waals surface area contributed by atoms with E-state index in [4.69, 9.17) is 4.74 Å². The van der Waals surface area contributed by atoms with Crippen LogP contribution in [-0.4, -0.2) is 32.7 Å². The second-order valence-corrected chi connectivity index (χ2v) is 5.79. The molecule has 0 spiro atoms. The maximum Gasteiger partial charge on any atom is 0.338 e. The number of aryl methyl sites for hydroxylation is 1. The molecule has 2 aromatic carbocycles. The Morgan fingerprint density at radius 3 is 2.38 bits per heavy atom. The average Bonchev–Trinajstić information content (AvgIpc) is 3.18. The highest BCUT2D eigenvalue weighted by molar-refractivity contribution is 5.97. The van der Waals surface area contributed by atoms with Gasteiger partial charge in [0.15, 0.2) is 6.10 Å². The molecule has 7 heteroatoms. The van der Waals surface area contributed by atoms with E-state index in [9.17, 15) is 9.59 Å². The van der Waals surface area contributed by atoms with Crippen molar-refractivity contribution in [2.24, 2.45) is 0 Å². The summed E-state index contributed by atoms with van der Waals surface area (Å²) < 4.78 is 6.82. The van der Waals surface area contributed by atoms with Gasteiger partial charge >= 0.3 is 5.97 Å². The molecule has 0 radical (unpaired) electrons. The third-order valence-electron chi connectivity index (χ3n) is 3.76. The van der Waals surface area contributed by atoms with Crippen molar-refractivity contribution in [3.05, 3.63) is 72.3 Å². The highest BCUT2D eigenvalue weighted by atomic mass is 16.5. The number of esters is 1. The summed E-state index contributed by atoms with van der Waals surface area (Å²) in [5.41, 5.74) is 2.87. The molecule has 0 bridgehead atoms. The number of benzene rings is 2. The first-order valence-electron chi connectivity index (χ1n) is 8.06. The molecule has 0 aliphatic carbocycles. The number of nitrogens with one attached hydrogen (secondary N) is 1. The van der Waals surface area contributed by atoms with E-state index in [2.05, 4.69) is 15.4 Å². The second kappa shape index (κ2) is 7.60. The van der Waals surface area contributed by atoms with Gasteiger partial charge in [-0.1, -0.05) is 17.7 Å². The number of hydrogen-bond donors (Lipinski definition) is 1. The predicted molar refractivity (Wildman–Crippen MR) is 96.0 cm³/mol. The van der Waals surface area contributed by atoms with Gasteiger partial charge in [-0.25, -0.2) is 14.5 Å². The summed E-state index contributed by atoms with van der Waals surface area (Å²) in [4.78, 5) is 28.3. The molecular formula is C19H18N4O3. The van der Waals surface area contributed by atoms with Crippen molar-refractivity contribution in [1.82, 2.24) is 14.8 Å². The SMILES string of the molecule is Cc1ccc(NC(=O)[C@@H](C)OC(=O)c2ccc(-n3cncn3)cc2)cc1. The summed E-state index contributed by atoms with van der Waals surface area (Å²) in [6.07, 6.45) is 2.07. The van der Waals surface area contributed by atoms with Gasteiger partial charge in [0, 0.05) is 5.69 Å². The fraction of sp³-hybridized carbons (Fsp3) is 0.158. The van der Waals surface area contributed by atoms with E-state index < -0.39 is 12.1 Å². The number of hydrogen-bond acceptors (Lipinski definition) is 5. The van der Waals surface area contributed by atoms with Crippen molar-refractivity contribution in [2.75, 3.05) is 5.32 Å². The monoisotopic (exact) mass is 350 g/mol. The molecule has 7 nitrogen and oxygen atoms in total. The number of anilines is 1. The van der Waals surface area contributed by atoms with E-state index in [-0.39, 0.29) is 5.91 Å². The Morgan fingerprint density at radius 1 is 1.08 bits per heavy atom. The number of carbonyl (C=O) groups excluding carboxylic acids is 2. The Bertz CT molecular complexity index is 888. The number of amides is 1. The van der Waals surface area contributed by atoms with Crippen LogP contribution in [0.25, 0.3) is 5.69 Å². The summed E-state index contributed by atoms with van der Waals surface area (Å²) in [6, 6.07) is 14.1. The molecule has 132 valence electrons. The third-order valence-corrected chi connectivity index (χ3v) is 3.76. The molecule has 0 unspecified atom stereocenters. The first-order valence-corrected chi connectivity index (χ1v) is 8.06. The first-order chi connectivity index (χ1) is 12.5. The van der Waals surface area contributed by atoms with Crippen molar-refractivity contribution in [3.63, 3.8) is 0 Å². The molecular weight excluding hydrogens is 332 g/mol. The van der Waals surface area contributed by atoms with Gasteiger partial charge in [-0.3, -0.25) is 4.79 Å². The Morgan fingerprint density at radius 2 is 1.77 bits per heavy atom. The van der Waals surface area contributed by atoms with Gasteiger partial charge in [-0.05, 0) is 50.2 Å². The summed E-state index contributed by atoms with van der Waals surface area (Å²) in [5, 5.41) is 6.73. The lowest BCUT2D eigenvalue weighted by molar-refractivity contribution is -0.123. The van der Waals surface area contributed by atoms with Crippen LogP contribution in [0.4, 0.5) is 5.69 Å². The van der Waals surface area contributed by atoms with Crippen LogP contribution in [-0.2, 0) is 9.53 Å². The van der Waals surface area contributed by atoms with Crippen LogP contribution < -0.4 is 5.32 Å². The van der Waals surface area contributed by atoms with Gasteiger partial charge in [0.05, 0.1) is 11.3 Å². The fourth-order valence-corrected chi connectivity index (χ4v) is 2.25. The largest absolute Gasteiger partial charge is 0.449 e. The minimum Gasteiger partial charge on any atom is -0.449 e. The van der Waals surface area contributed by atoms with E-state index in [0.717, 1.165) is 11.3 Å². The molecule has 0 fully saturated rings. The minimum atomic E-state index is -0.918.